The Balaban J connectivity index is 1.10. The third kappa shape index (κ3) is 3.48. The van der Waals surface area contributed by atoms with Crippen LogP contribution in [0.15, 0.2) is 146 Å². The summed E-state index contributed by atoms with van der Waals surface area (Å²) in [4.78, 5) is 0. The normalized spacial score (nSPS) is 13.7. The maximum absolute atomic E-state index is 2.44. The van der Waals surface area contributed by atoms with E-state index in [9.17, 15) is 0 Å². The Hall–Kier alpha value is -5.46. The van der Waals surface area contributed by atoms with E-state index in [2.05, 4.69) is 159 Å². The third-order valence-electron chi connectivity index (χ3n) is 10.6. The van der Waals surface area contributed by atoms with E-state index in [-0.39, 0.29) is 5.41 Å². The second-order valence-electron chi connectivity index (χ2n) is 13.4. The Kier molecular flexibility index (Phi) is 4.88. The van der Waals surface area contributed by atoms with Crippen molar-refractivity contribution in [1.29, 1.82) is 0 Å². The van der Waals surface area contributed by atoms with Crippen molar-refractivity contribution in [2.75, 3.05) is 0 Å². The number of hydrogen-bond acceptors (Lipinski definition) is 0. The Bertz CT molecular complexity index is 2650. The fourth-order valence-corrected chi connectivity index (χ4v) is 8.18. The second kappa shape index (κ2) is 8.80. The molecule has 0 saturated carbocycles. The van der Waals surface area contributed by atoms with Crippen molar-refractivity contribution in [3.8, 4) is 33.4 Å². The molecular weight excluding hydrogens is 540 g/mol. The minimum atomic E-state index is -0.0518. The fourth-order valence-electron chi connectivity index (χ4n) is 8.18. The maximum Gasteiger partial charge on any atom is 0.0159 e. The molecule has 0 spiro atoms. The fraction of sp³-hybridized carbons (Fsp3) is 0.0667. The zero-order valence-electron chi connectivity index (χ0n) is 25.4. The van der Waals surface area contributed by atoms with Gasteiger partial charge >= 0.3 is 0 Å². The summed E-state index contributed by atoms with van der Waals surface area (Å²) in [5.74, 6) is 0. The van der Waals surface area contributed by atoms with Gasteiger partial charge in [0, 0.05) is 5.41 Å². The van der Waals surface area contributed by atoms with Crippen LogP contribution < -0.4 is 0 Å². The number of hydrogen-bond donors (Lipinski definition) is 0. The van der Waals surface area contributed by atoms with Gasteiger partial charge < -0.3 is 0 Å². The zero-order chi connectivity index (χ0) is 29.9. The molecule has 0 nitrogen and oxygen atoms in total. The van der Waals surface area contributed by atoms with Gasteiger partial charge in [-0.05, 0) is 129 Å². The van der Waals surface area contributed by atoms with Gasteiger partial charge in [-0.3, -0.25) is 0 Å². The molecule has 0 N–H and O–H groups in total. The molecule has 0 bridgehead atoms. The maximum atomic E-state index is 2.44. The van der Waals surface area contributed by atoms with Crippen molar-refractivity contribution in [1.82, 2.24) is 0 Å². The summed E-state index contributed by atoms with van der Waals surface area (Å²) in [6.07, 6.45) is 0. The van der Waals surface area contributed by atoms with Gasteiger partial charge in [0.1, 0.15) is 0 Å². The van der Waals surface area contributed by atoms with Crippen molar-refractivity contribution in [2.24, 2.45) is 0 Å². The molecule has 10 rings (SSSR count). The van der Waals surface area contributed by atoms with Crippen LogP contribution in [0, 0.1) is 0 Å². The van der Waals surface area contributed by atoms with Crippen LogP contribution in [-0.2, 0) is 5.41 Å². The molecule has 9 aromatic carbocycles. The lowest BCUT2D eigenvalue weighted by Crippen LogP contribution is -2.15. The van der Waals surface area contributed by atoms with Crippen LogP contribution in [0.2, 0.25) is 0 Å². The summed E-state index contributed by atoms with van der Waals surface area (Å²) >= 11 is 0. The molecule has 1 aliphatic carbocycles. The monoisotopic (exact) mass is 570 g/mol. The van der Waals surface area contributed by atoms with Gasteiger partial charge in [0.05, 0.1) is 0 Å². The van der Waals surface area contributed by atoms with Gasteiger partial charge in [-0.1, -0.05) is 129 Å². The summed E-state index contributed by atoms with van der Waals surface area (Å²) in [5, 5.41) is 13.1. The van der Waals surface area contributed by atoms with Crippen LogP contribution in [0.1, 0.15) is 25.0 Å². The average molecular weight is 571 g/mol. The first-order valence-corrected chi connectivity index (χ1v) is 15.9. The lowest BCUT2D eigenvalue weighted by Gasteiger charge is -2.22. The smallest absolute Gasteiger partial charge is 0.0159 e. The molecule has 0 aromatic heterocycles. The summed E-state index contributed by atoms with van der Waals surface area (Å²) < 4.78 is 0. The van der Waals surface area contributed by atoms with E-state index in [0.29, 0.717) is 0 Å². The minimum absolute atomic E-state index is 0.0518. The van der Waals surface area contributed by atoms with E-state index in [0.717, 1.165) is 0 Å². The first-order valence-electron chi connectivity index (χ1n) is 15.9. The SMILES string of the molecule is CC1(C)c2cc(-c3ccc4ccc(-c5ccc6ccc7cccc8ccc5c6c78)cc4c3)ccc2-c2cc3ccccc3cc21. The third-order valence-corrected chi connectivity index (χ3v) is 10.6. The van der Waals surface area contributed by atoms with Gasteiger partial charge in [-0.25, -0.2) is 0 Å². The molecule has 0 radical (unpaired) electrons. The van der Waals surface area contributed by atoms with E-state index < -0.39 is 0 Å². The minimum Gasteiger partial charge on any atom is -0.0616 e. The Labute approximate surface area is 262 Å². The molecule has 0 aliphatic heterocycles. The van der Waals surface area contributed by atoms with E-state index in [1.54, 1.807) is 0 Å². The molecule has 45 heavy (non-hydrogen) atoms. The van der Waals surface area contributed by atoms with Crippen LogP contribution >= 0.6 is 0 Å². The molecule has 9 aromatic rings. The molecule has 210 valence electrons. The van der Waals surface area contributed by atoms with Crippen LogP contribution in [-0.4, -0.2) is 0 Å². The van der Waals surface area contributed by atoms with Crippen LogP contribution in [0.4, 0.5) is 0 Å². The number of fused-ring (bicyclic) bond motifs is 5. The average Bonchev–Trinajstić information content (AvgIpc) is 3.30. The quantitative estimate of drug-likeness (QED) is 0.181. The summed E-state index contributed by atoms with van der Waals surface area (Å²) in [6.45, 7) is 4.75. The largest absolute Gasteiger partial charge is 0.0616 e. The van der Waals surface area contributed by atoms with Gasteiger partial charge in [0.25, 0.3) is 0 Å². The van der Waals surface area contributed by atoms with Gasteiger partial charge in [0.2, 0.25) is 0 Å². The number of benzene rings is 9. The van der Waals surface area contributed by atoms with Crippen LogP contribution in [0.5, 0.6) is 0 Å². The van der Waals surface area contributed by atoms with E-state index in [1.807, 2.05) is 0 Å². The van der Waals surface area contributed by atoms with E-state index in [4.69, 9.17) is 0 Å². The summed E-state index contributed by atoms with van der Waals surface area (Å²) in [6, 6.07) is 54.8. The molecule has 0 atom stereocenters. The Morgan fingerprint density at radius 3 is 1.71 bits per heavy atom. The van der Waals surface area contributed by atoms with Gasteiger partial charge in [-0.15, -0.1) is 0 Å². The molecular formula is C45H30. The Morgan fingerprint density at radius 1 is 0.333 bits per heavy atom. The highest BCUT2D eigenvalue weighted by molar-refractivity contribution is 6.25. The topological polar surface area (TPSA) is 0 Å². The predicted octanol–water partition coefficient (Wildman–Crippen LogP) is 12.5. The standard InChI is InChI=1S/C45H30/c1-45(2)41-26-34(18-20-38(41)40-24-31-6-3-4-7-32(31)25-42(40)45)33-14-10-27-11-15-35(23-36(27)22-33)37-19-16-30-13-12-28-8-5-9-29-17-21-39(37)44(30)43(28)29/h3-26H,1-2H3. The molecule has 0 saturated heterocycles. The molecule has 0 heterocycles. The van der Waals surface area contributed by atoms with Crippen molar-refractivity contribution < 1.29 is 0 Å². The van der Waals surface area contributed by atoms with E-state index >= 15 is 0 Å². The first kappa shape index (κ1) is 24.9. The molecule has 0 unspecified atom stereocenters. The highest BCUT2D eigenvalue weighted by Crippen LogP contribution is 2.51. The molecule has 1 aliphatic rings. The van der Waals surface area contributed by atoms with Gasteiger partial charge in [0.15, 0.2) is 0 Å². The molecule has 0 heteroatoms. The Morgan fingerprint density at radius 2 is 0.889 bits per heavy atom. The highest BCUT2D eigenvalue weighted by Gasteiger charge is 2.35. The van der Waals surface area contributed by atoms with Crippen LogP contribution in [0.25, 0.3) is 87.2 Å². The van der Waals surface area contributed by atoms with Crippen LogP contribution in [0.3, 0.4) is 0 Å². The van der Waals surface area contributed by atoms with Crippen molar-refractivity contribution in [3.05, 3.63) is 157 Å². The van der Waals surface area contributed by atoms with E-state index in [1.165, 1.54) is 98.4 Å². The van der Waals surface area contributed by atoms with Crippen molar-refractivity contribution in [2.45, 2.75) is 19.3 Å². The summed E-state index contributed by atoms with van der Waals surface area (Å²) in [5.41, 5.74) is 10.6. The van der Waals surface area contributed by atoms with Crippen molar-refractivity contribution >= 4 is 53.9 Å². The summed E-state index contributed by atoms with van der Waals surface area (Å²) in [7, 11) is 0. The first-order chi connectivity index (χ1) is 22.0. The predicted molar refractivity (Wildman–Crippen MR) is 194 cm³/mol. The molecule has 0 fully saturated rings. The molecule has 0 amide bonds. The lowest BCUT2D eigenvalue weighted by atomic mass is 9.81. The second-order valence-corrected chi connectivity index (χ2v) is 13.4. The highest BCUT2D eigenvalue weighted by atomic mass is 14.4. The zero-order valence-corrected chi connectivity index (χ0v) is 25.4. The lowest BCUT2D eigenvalue weighted by molar-refractivity contribution is 0.661. The van der Waals surface area contributed by atoms with Crippen molar-refractivity contribution in [3.63, 3.8) is 0 Å². The van der Waals surface area contributed by atoms with Gasteiger partial charge in [-0.2, -0.15) is 0 Å². The number of rotatable bonds is 2.